The summed E-state index contributed by atoms with van der Waals surface area (Å²) in [7, 11) is 0. The molecular formula is C11H15NOS. The van der Waals surface area contributed by atoms with Gasteiger partial charge in [0, 0.05) is 17.5 Å². The SMILES string of the molecule is OC1(Cc2cncs2)CCCC2CC21. The van der Waals surface area contributed by atoms with Crippen molar-refractivity contribution in [2.45, 2.75) is 37.7 Å². The first-order chi connectivity index (χ1) is 6.78. The Morgan fingerprint density at radius 2 is 2.57 bits per heavy atom. The Kier molecular flexibility index (Phi) is 1.92. The molecule has 1 heterocycles. The van der Waals surface area contributed by atoms with E-state index in [1.165, 1.54) is 24.1 Å². The van der Waals surface area contributed by atoms with Crippen LogP contribution >= 0.6 is 11.3 Å². The van der Waals surface area contributed by atoms with Crippen LogP contribution in [-0.2, 0) is 6.42 Å². The second-order valence-corrected chi connectivity index (χ2v) is 5.71. The van der Waals surface area contributed by atoms with E-state index < -0.39 is 5.60 Å². The van der Waals surface area contributed by atoms with E-state index in [2.05, 4.69) is 4.98 Å². The summed E-state index contributed by atoms with van der Waals surface area (Å²) in [5.74, 6) is 1.43. The summed E-state index contributed by atoms with van der Waals surface area (Å²) in [6.45, 7) is 0. The minimum atomic E-state index is -0.393. The first-order valence-electron chi connectivity index (χ1n) is 5.38. The summed E-state index contributed by atoms with van der Waals surface area (Å²) in [5, 5.41) is 10.5. The molecule has 0 aromatic carbocycles. The molecule has 0 bridgehead atoms. The first-order valence-corrected chi connectivity index (χ1v) is 6.26. The highest BCUT2D eigenvalue weighted by atomic mass is 32.1. The van der Waals surface area contributed by atoms with Gasteiger partial charge in [-0.15, -0.1) is 11.3 Å². The number of aliphatic hydroxyl groups is 1. The van der Waals surface area contributed by atoms with Gasteiger partial charge in [-0.05, 0) is 31.1 Å². The predicted molar refractivity (Wildman–Crippen MR) is 56.2 cm³/mol. The Morgan fingerprint density at radius 3 is 3.36 bits per heavy atom. The van der Waals surface area contributed by atoms with Gasteiger partial charge in [-0.1, -0.05) is 6.42 Å². The van der Waals surface area contributed by atoms with E-state index in [1.54, 1.807) is 11.3 Å². The monoisotopic (exact) mass is 209 g/mol. The average molecular weight is 209 g/mol. The van der Waals surface area contributed by atoms with Crippen LogP contribution in [0.5, 0.6) is 0 Å². The number of aromatic nitrogens is 1. The zero-order chi connectivity index (χ0) is 9.60. The fraction of sp³-hybridized carbons (Fsp3) is 0.727. The number of hydrogen-bond donors (Lipinski definition) is 1. The lowest BCUT2D eigenvalue weighted by Gasteiger charge is -2.31. The zero-order valence-corrected chi connectivity index (χ0v) is 8.96. The summed E-state index contributed by atoms with van der Waals surface area (Å²) in [4.78, 5) is 5.30. The molecule has 2 fully saturated rings. The van der Waals surface area contributed by atoms with E-state index in [0.29, 0.717) is 5.92 Å². The third kappa shape index (κ3) is 1.39. The molecule has 0 aliphatic heterocycles. The van der Waals surface area contributed by atoms with Gasteiger partial charge in [0.15, 0.2) is 0 Å². The smallest absolute Gasteiger partial charge is 0.0794 e. The van der Waals surface area contributed by atoms with Gasteiger partial charge in [-0.2, -0.15) is 0 Å². The fourth-order valence-electron chi connectivity index (χ4n) is 2.93. The molecule has 14 heavy (non-hydrogen) atoms. The molecule has 0 amide bonds. The summed E-state index contributed by atoms with van der Waals surface area (Å²) >= 11 is 1.66. The lowest BCUT2D eigenvalue weighted by Crippen LogP contribution is -2.36. The van der Waals surface area contributed by atoms with Crippen molar-refractivity contribution >= 4 is 11.3 Å². The molecule has 2 aliphatic carbocycles. The Hall–Kier alpha value is -0.410. The molecule has 1 aromatic rings. The van der Waals surface area contributed by atoms with Gasteiger partial charge in [0.1, 0.15) is 0 Å². The first kappa shape index (κ1) is 8.86. The minimum Gasteiger partial charge on any atom is -0.389 e. The van der Waals surface area contributed by atoms with Gasteiger partial charge in [0.2, 0.25) is 0 Å². The number of rotatable bonds is 2. The second kappa shape index (κ2) is 3.04. The Morgan fingerprint density at radius 1 is 1.64 bits per heavy atom. The van der Waals surface area contributed by atoms with Crippen LogP contribution in [0.25, 0.3) is 0 Å². The molecule has 2 nitrogen and oxygen atoms in total. The highest BCUT2D eigenvalue weighted by Gasteiger charge is 2.53. The van der Waals surface area contributed by atoms with E-state index in [0.717, 1.165) is 18.8 Å². The molecule has 0 saturated heterocycles. The van der Waals surface area contributed by atoms with Crippen LogP contribution in [0.1, 0.15) is 30.6 Å². The number of thiazole rings is 1. The normalized spacial score (nSPS) is 40.6. The van der Waals surface area contributed by atoms with Crippen LogP contribution in [0.15, 0.2) is 11.7 Å². The topological polar surface area (TPSA) is 33.1 Å². The molecular weight excluding hydrogens is 194 g/mol. The predicted octanol–water partition coefficient (Wildman–Crippen LogP) is 2.24. The summed E-state index contributed by atoms with van der Waals surface area (Å²) in [6.07, 6.45) is 7.53. The van der Waals surface area contributed by atoms with Gasteiger partial charge < -0.3 is 5.11 Å². The third-order valence-electron chi connectivity index (χ3n) is 3.76. The molecule has 3 unspecified atom stereocenters. The van der Waals surface area contributed by atoms with Crippen molar-refractivity contribution in [2.75, 3.05) is 0 Å². The van der Waals surface area contributed by atoms with Crippen LogP contribution in [0, 0.1) is 11.8 Å². The van der Waals surface area contributed by atoms with Crippen LogP contribution in [0.4, 0.5) is 0 Å². The van der Waals surface area contributed by atoms with Crippen molar-refractivity contribution in [3.8, 4) is 0 Å². The molecule has 2 aliphatic rings. The second-order valence-electron chi connectivity index (χ2n) is 4.74. The molecule has 1 aromatic heterocycles. The maximum absolute atomic E-state index is 10.5. The van der Waals surface area contributed by atoms with E-state index in [-0.39, 0.29) is 0 Å². The molecule has 3 atom stereocenters. The van der Waals surface area contributed by atoms with Gasteiger partial charge in [0.25, 0.3) is 0 Å². The highest BCUT2D eigenvalue weighted by Crippen LogP contribution is 2.55. The van der Waals surface area contributed by atoms with Crippen molar-refractivity contribution in [1.29, 1.82) is 0 Å². The molecule has 3 heteroatoms. The van der Waals surface area contributed by atoms with E-state index in [4.69, 9.17) is 0 Å². The highest BCUT2D eigenvalue weighted by molar-refractivity contribution is 7.09. The van der Waals surface area contributed by atoms with Crippen molar-refractivity contribution in [1.82, 2.24) is 4.98 Å². The number of nitrogens with zero attached hydrogens (tertiary/aromatic N) is 1. The maximum Gasteiger partial charge on any atom is 0.0794 e. The lowest BCUT2D eigenvalue weighted by atomic mass is 9.82. The number of hydrogen-bond acceptors (Lipinski definition) is 3. The van der Waals surface area contributed by atoms with Gasteiger partial charge >= 0.3 is 0 Å². The van der Waals surface area contributed by atoms with E-state index >= 15 is 0 Å². The summed E-state index contributed by atoms with van der Waals surface area (Å²) in [6, 6.07) is 0. The van der Waals surface area contributed by atoms with Crippen molar-refractivity contribution < 1.29 is 5.11 Å². The Labute approximate surface area is 88.0 Å². The quantitative estimate of drug-likeness (QED) is 0.810. The van der Waals surface area contributed by atoms with Gasteiger partial charge in [0.05, 0.1) is 11.1 Å². The van der Waals surface area contributed by atoms with E-state index in [1.807, 2.05) is 11.7 Å². The largest absolute Gasteiger partial charge is 0.389 e. The van der Waals surface area contributed by atoms with Crippen molar-refractivity contribution in [2.24, 2.45) is 11.8 Å². The lowest BCUT2D eigenvalue weighted by molar-refractivity contribution is -0.00971. The van der Waals surface area contributed by atoms with Crippen LogP contribution in [-0.4, -0.2) is 15.7 Å². The van der Waals surface area contributed by atoms with Crippen LogP contribution in [0.3, 0.4) is 0 Å². The molecule has 76 valence electrons. The Balaban J connectivity index is 1.76. The van der Waals surface area contributed by atoms with E-state index in [9.17, 15) is 5.11 Å². The zero-order valence-electron chi connectivity index (χ0n) is 8.15. The van der Waals surface area contributed by atoms with Crippen LogP contribution < -0.4 is 0 Å². The fourth-order valence-corrected chi connectivity index (χ4v) is 3.64. The molecule has 0 radical (unpaired) electrons. The molecule has 1 N–H and O–H groups in total. The van der Waals surface area contributed by atoms with Crippen molar-refractivity contribution in [3.63, 3.8) is 0 Å². The minimum absolute atomic E-state index is 0.393. The standard InChI is InChI=1S/C11H15NOS/c13-11(5-9-6-12-7-14-9)3-1-2-8-4-10(8)11/h6-8,10,13H,1-5H2. The average Bonchev–Trinajstić information content (AvgIpc) is 2.80. The Bertz CT molecular complexity index is 324. The number of fused-ring (bicyclic) bond motifs is 1. The van der Waals surface area contributed by atoms with Crippen molar-refractivity contribution in [3.05, 3.63) is 16.6 Å². The maximum atomic E-state index is 10.5. The van der Waals surface area contributed by atoms with Crippen LogP contribution in [0.2, 0.25) is 0 Å². The third-order valence-corrected chi connectivity index (χ3v) is 4.54. The molecule has 2 saturated carbocycles. The molecule has 0 spiro atoms. The molecule has 3 rings (SSSR count). The summed E-state index contributed by atoms with van der Waals surface area (Å²) in [5.41, 5.74) is 1.46. The summed E-state index contributed by atoms with van der Waals surface area (Å²) < 4.78 is 0. The van der Waals surface area contributed by atoms with Gasteiger partial charge in [-0.3, -0.25) is 4.98 Å². The van der Waals surface area contributed by atoms with Gasteiger partial charge in [-0.25, -0.2) is 0 Å².